The Morgan fingerprint density at radius 1 is 1.03 bits per heavy atom. The van der Waals surface area contributed by atoms with Crippen molar-refractivity contribution in [1.29, 1.82) is 0 Å². The van der Waals surface area contributed by atoms with Crippen molar-refractivity contribution < 1.29 is 32.2 Å². The summed E-state index contributed by atoms with van der Waals surface area (Å²) in [6.45, 7) is 1.30. The lowest BCUT2D eigenvalue weighted by atomic mass is 10.1. The van der Waals surface area contributed by atoms with Crippen LogP contribution >= 0.6 is 0 Å². The molecule has 0 bridgehead atoms. The maximum Gasteiger partial charge on any atom is 0.355 e. The number of hydrogen-bond acceptors (Lipinski definition) is 8. The van der Waals surface area contributed by atoms with Gasteiger partial charge in [-0.2, -0.15) is 0 Å². The van der Waals surface area contributed by atoms with Crippen LogP contribution in [-0.2, 0) is 25.9 Å². The SMILES string of the molecule is CS(=O)(=O)c1ccc(Oc2cc(O[C@H]3CCOC3)cc(-c3ccc(C(=O)OCc4ccccc4)[nH]3)c2)cn1. The molecule has 1 aliphatic rings. The molecular weight excluding hydrogens is 508 g/mol. The van der Waals surface area contributed by atoms with E-state index in [1.165, 1.54) is 18.3 Å². The van der Waals surface area contributed by atoms with Gasteiger partial charge in [-0.3, -0.25) is 0 Å². The van der Waals surface area contributed by atoms with Crippen molar-refractivity contribution in [2.24, 2.45) is 0 Å². The molecule has 9 nitrogen and oxygen atoms in total. The summed E-state index contributed by atoms with van der Waals surface area (Å²) < 4.78 is 46.4. The Morgan fingerprint density at radius 2 is 1.84 bits per heavy atom. The number of rotatable bonds is 9. The number of sulfone groups is 1. The minimum absolute atomic E-state index is 0.0399. The molecule has 2 aromatic heterocycles. The molecule has 10 heteroatoms. The molecule has 1 fully saturated rings. The molecule has 0 spiro atoms. The third kappa shape index (κ3) is 6.39. The van der Waals surface area contributed by atoms with E-state index in [0.717, 1.165) is 23.8 Å². The van der Waals surface area contributed by atoms with Crippen molar-refractivity contribution in [2.75, 3.05) is 19.5 Å². The molecule has 1 atom stereocenters. The number of carbonyl (C=O) groups is 1. The van der Waals surface area contributed by atoms with Gasteiger partial charge in [0, 0.05) is 30.0 Å². The highest BCUT2D eigenvalue weighted by Gasteiger charge is 2.19. The van der Waals surface area contributed by atoms with Crippen LogP contribution in [-0.4, -0.2) is 49.9 Å². The molecule has 1 saturated heterocycles. The van der Waals surface area contributed by atoms with Crippen molar-refractivity contribution in [3.05, 3.63) is 90.3 Å². The molecule has 5 rings (SSSR count). The predicted octanol–water partition coefficient (Wildman–Crippen LogP) is 4.80. The number of aromatic nitrogens is 2. The van der Waals surface area contributed by atoms with Gasteiger partial charge in [0.1, 0.15) is 35.7 Å². The van der Waals surface area contributed by atoms with Crippen LogP contribution in [0.1, 0.15) is 22.5 Å². The van der Waals surface area contributed by atoms with Crippen LogP contribution in [0.2, 0.25) is 0 Å². The van der Waals surface area contributed by atoms with Crippen LogP contribution in [0.25, 0.3) is 11.3 Å². The van der Waals surface area contributed by atoms with Crippen molar-refractivity contribution in [3.63, 3.8) is 0 Å². The number of aromatic amines is 1. The summed E-state index contributed by atoms with van der Waals surface area (Å²) in [5.74, 6) is 0.912. The van der Waals surface area contributed by atoms with Crippen molar-refractivity contribution >= 4 is 15.8 Å². The normalized spacial score (nSPS) is 15.2. The molecular formula is C28H26N2O7S. The molecule has 2 aromatic carbocycles. The predicted molar refractivity (Wildman–Crippen MR) is 139 cm³/mol. The standard InChI is InChI=1S/C28H26N2O7S/c1-38(32,33)27-10-7-21(16-29-27)36-23-13-20(14-24(15-23)37-22-11-12-34-18-22)25-8-9-26(30-25)28(31)35-17-19-5-3-2-4-6-19/h2-10,13-16,22,30H,11-12,17-18H2,1H3/t22-/m0/s1. The second kappa shape index (κ2) is 11.1. The Labute approximate surface area is 220 Å². The van der Waals surface area contributed by atoms with Gasteiger partial charge >= 0.3 is 5.97 Å². The fraction of sp³-hybridized carbons (Fsp3) is 0.214. The number of nitrogens with one attached hydrogen (secondary N) is 1. The van der Waals surface area contributed by atoms with Crippen LogP contribution in [0.4, 0.5) is 0 Å². The number of esters is 1. The monoisotopic (exact) mass is 534 g/mol. The maximum absolute atomic E-state index is 12.6. The lowest BCUT2D eigenvalue weighted by Crippen LogP contribution is -2.15. The molecule has 0 saturated carbocycles. The number of ether oxygens (including phenoxy) is 4. The van der Waals surface area contributed by atoms with Crippen LogP contribution in [0.3, 0.4) is 0 Å². The zero-order valence-electron chi connectivity index (χ0n) is 20.6. The molecule has 0 unspecified atom stereocenters. The lowest BCUT2D eigenvalue weighted by Gasteiger charge is -2.15. The minimum Gasteiger partial charge on any atom is -0.488 e. The van der Waals surface area contributed by atoms with Gasteiger partial charge in [-0.1, -0.05) is 30.3 Å². The quantitative estimate of drug-likeness (QED) is 0.305. The molecule has 38 heavy (non-hydrogen) atoms. The maximum atomic E-state index is 12.6. The fourth-order valence-corrected chi connectivity index (χ4v) is 4.48. The number of pyridine rings is 1. The topological polar surface area (TPSA) is 117 Å². The molecule has 0 aliphatic carbocycles. The summed E-state index contributed by atoms with van der Waals surface area (Å²) in [5.41, 5.74) is 2.60. The largest absolute Gasteiger partial charge is 0.488 e. The zero-order valence-corrected chi connectivity index (χ0v) is 21.4. The van der Waals surface area contributed by atoms with E-state index in [0.29, 0.717) is 41.9 Å². The van der Waals surface area contributed by atoms with E-state index in [9.17, 15) is 13.2 Å². The molecule has 3 heterocycles. The van der Waals surface area contributed by atoms with E-state index in [1.807, 2.05) is 36.4 Å². The van der Waals surface area contributed by atoms with Crippen LogP contribution in [0.5, 0.6) is 17.2 Å². The Hall–Kier alpha value is -4.15. The van der Waals surface area contributed by atoms with Gasteiger partial charge in [-0.05, 0) is 42.0 Å². The summed E-state index contributed by atoms with van der Waals surface area (Å²) in [5, 5.41) is -0.0399. The van der Waals surface area contributed by atoms with Gasteiger partial charge in [0.05, 0.1) is 19.4 Å². The summed E-state index contributed by atoms with van der Waals surface area (Å²) in [6, 6.07) is 21.2. The number of H-pyrrole nitrogens is 1. The average molecular weight is 535 g/mol. The van der Waals surface area contributed by atoms with Gasteiger partial charge in [-0.15, -0.1) is 0 Å². The molecule has 4 aromatic rings. The van der Waals surface area contributed by atoms with Crippen molar-refractivity contribution in [3.8, 4) is 28.5 Å². The van der Waals surface area contributed by atoms with Gasteiger partial charge < -0.3 is 23.9 Å². The van der Waals surface area contributed by atoms with E-state index < -0.39 is 15.8 Å². The number of carbonyl (C=O) groups excluding carboxylic acids is 1. The first-order valence-electron chi connectivity index (χ1n) is 12.0. The Morgan fingerprint density at radius 3 is 2.55 bits per heavy atom. The first-order chi connectivity index (χ1) is 18.3. The number of hydrogen-bond donors (Lipinski definition) is 1. The molecule has 196 valence electrons. The Kier molecular flexibility index (Phi) is 7.43. The van der Waals surface area contributed by atoms with E-state index in [1.54, 1.807) is 24.3 Å². The Bertz CT molecular complexity index is 1510. The minimum atomic E-state index is -3.42. The fourth-order valence-electron chi connectivity index (χ4n) is 3.92. The summed E-state index contributed by atoms with van der Waals surface area (Å²) in [6.07, 6.45) is 3.14. The molecule has 1 N–H and O–H groups in total. The first-order valence-corrected chi connectivity index (χ1v) is 13.9. The third-order valence-electron chi connectivity index (χ3n) is 5.83. The molecule has 1 aliphatic heterocycles. The summed E-state index contributed by atoms with van der Waals surface area (Å²) >= 11 is 0. The summed E-state index contributed by atoms with van der Waals surface area (Å²) in [7, 11) is -3.42. The first kappa shape index (κ1) is 25.5. The number of benzene rings is 2. The highest BCUT2D eigenvalue weighted by atomic mass is 32.2. The van der Waals surface area contributed by atoms with Crippen LogP contribution < -0.4 is 9.47 Å². The molecule has 0 amide bonds. The van der Waals surface area contributed by atoms with Gasteiger partial charge in [0.2, 0.25) is 0 Å². The highest BCUT2D eigenvalue weighted by molar-refractivity contribution is 7.90. The lowest BCUT2D eigenvalue weighted by molar-refractivity contribution is 0.0466. The second-order valence-electron chi connectivity index (χ2n) is 8.85. The van der Waals surface area contributed by atoms with E-state index in [2.05, 4.69) is 9.97 Å². The summed E-state index contributed by atoms with van der Waals surface area (Å²) in [4.78, 5) is 19.7. The van der Waals surface area contributed by atoms with E-state index >= 15 is 0 Å². The van der Waals surface area contributed by atoms with Gasteiger partial charge in [-0.25, -0.2) is 18.2 Å². The highest BCUT2D eigenvalue weighted by Crippen LogP contribution is 2.33. The van der Waals surface area contributed by atoms with E-state index in [4.69, 9.17) is 18.9 Å². The van der Waals surface area contributed by atoms with Crippen molar-refractivity contribution in [2.45, 2.75) is 24.2 Å². The smallest absolute Gasteiger partial charge is 0.355 e. The van der Waals surface area contributed by atoms with Crippen LogP contribution in [0, 0.1) is 0 Å². The van der Waals surface area contributed by atoms with Crippen molar-refractivity contribution in [1.82, 2.24) is 9.97 Å². The van der Waals surface area contributed by atoms with Gasteiger partial charge in [0.25, 0.3) is 0 Å². The van der Waals surface area contributed by atoms with Crippen LogP contribution in [0.15, 0.2) is 84.0 Å². The van der Waals surface area contributed by atoms with E-state index in [-0.39, 0.29) is 17.7 Å². The number of nitrogens with zero attached hydrogens (tertiary/aromatic N) is 1. The van der Waals surface area contributed by atoms with Gasteiger partial charge in [0.15, 0.2) is 14.9 Å². The molecule has 0 radical (unpaired) electrons. The average Bonchev–Trinajstić information content (AvgIpc) is 3.60. The Balaban J connectivity index is 1.37. The second-order valence-corrected chi connectivity index (χ2v) is 10.8. The third-order valence-corrected chi connectivity index (χ3v) is 6.83. The zero-order chi connectivity index (χ0) is 26.5.